The molecule has 0 aromatic carbocycles. The molecule has 1 amide bonds. The lowest BCUT2D eigenvalue weighted by molar-refractivity contribution is -0.129. The van der Waals surface area contributed by atoms with Crippen LogP contribution < -0.4 is 20.9 Å². The van der Waals surface area contributed by atoms with E-state index in [9.17, 15) is 9.59 Å². The fourth-order valence-electron chi connectivity index (χ4n) is 2.97. The van der Waals surface area contributed by atoms with Gasteiger partial charge in [0.25, 0.3) is 5.56 Å². The maximum atomic E-state index is 12.2. The zero-order valence-electron chi connectivity index (χ0n) is 16.9. The van der Waals surface area contributed by atoms with Crippen LogP contribution in [0.3, 0.4) is 0 Å². The fraction of sp³-hybridized carbons (Fsp3) is 0.381. The number of carbonyl (C=O) groups is 1. The number of pyridine rings is 2. The number of H-pyrrole nitrogens is 1. The van der Waals surface area contributed by atoms with Crippen LogP contribution in [0.2, 0.25) is 0 Å². The summed E-state index contributed by atoms with van der Waals surface area (Å²) < 4.78 is 5.23. The summed E-state index contributed by atoms with van der Waals surface area (Å²) in [5.74, 6) is 0.678. The molecule has 1 aliphatic rings. The third-order valence-electron chi connectivity index (χ3n) is 4.62. The van der Waals surface area contributed by atoms with Gasteiger partial charge in [0.1, 0.15) is 11.4 Å². The maximum absolute atomic E-state index is 12.2. The van der Waals surface area contributed by atoms with Crippen molar-refractivity contribution in [1.82, 2.24) is 20.2 Å². The SMILES string of the molecule is COc1ccnc(-c2c[nH]c(=O)c(NC3CN(C(=O)/C=C/CNC(C)C)C3)c2)c1. The van der Waals surface area contributed by atoms with Gasteiger partial charge in [-0.25, -0.2) is 0 Å². The largest absolute Gasteiger partial charge is 0.497 e. The van der Waals surface area contributed by atoms with E-state index >= 15 is 0 Å². The van der Waals surface area contributed by atoms with Crippen LogP contribution in [-0.4, -0.2) is 59.6 Å². The van der Waals surface area contributed by atoms with Gasteiger partial charge in [0.15, 0.2) is 0 Å². The highest BCUT2D eigenvalue weighted by atomic mass is 16.5. The Morgan fingerprint density at radius 3 is 2.93 bits per heavy atom. The predicted molar refractivity (Wildman–Crippen MR) is 113 cm³/mol. The molecule has 0 radical (unpaired) electrons. The number of nitrogens with one attached hydrogen (secondary N) is 3. The third-order valence-corrected chi connectivity index (χ3v) is 4.62. The Labute approximate surface area is 170 Å². The number of rotatable bonds is 8. The Kier molecular flexibility index (Phi) is 6.66. The standard InChI is InChI=1S/C21H27N5O3/c1-14(2)22-7-4-5-20(27)26-12-16(13-26)25-19-9-15(11-24-21(19)28)18-10-17(29-3)6-8-23-18/h4-6,8-11,14,16,22,25H,7,12-13H2,1-3H3,(H,24,28)/b5-4+. The lowest BCUT2D eigenvalue weighted by Crippen LogP contribution is -2.57. The summed E-state index contributed by atoms with van der Waals surface area (Å²) in [4.78, 5) is 33.1. The quantitative estimate of drug-likeness (QED) is 0.586. The highest BCUT2D eigenvalue weighted by Crippen LogP contribution is 2.22. The number of amides is 1. The predicted octanol–water partition coefficient (Wildman–Crippen LogP) is 1.62. The van der Waals surface area contributed by atoms with E-state index in [2.05, 4.69) is 34.4 Å². The lowest BCUT2D eigenvalue weighted by Gasteiger charge is -2.39. The van der Waals surface area contributed by atoms with Crippen LogP contribution in [0.4, 0.5) is 5.69 Å². The number of hydrogen-bond acceptors (Lipinski definition) is 6. The minimum Gasteiger partial charge on any atom is -0.497 e. The fourth-order valence-corrected chi connectivity index (χ4v) is 2.97. The molecule has 0 bridgehead atoms. The van der Waals surface area contributed by atoms with Gasteiger partial charge in [-0.3, -0.25) is 14.6 Å². The van der Waals surface area contributed by atoms with Crippen LogP contribution in [0.5, 0.6) is 5.75 Å². The van der Waals surface area contributed by atoms with Gasteiger partial charge < -0.3 is 25.3 Å². The summed E-state index contributed by atoms with van der Waals surface area (Å²) >= 11 is 0. The summed E-state index contributed by atoms with van der Waals surface area (Å²) in [6, 6.07) is 5.76. The van der Waals surface area contributed by atoms with Gasteiger partial charge in [0.05, 0.1) is 18.8 Å². The van der Waals surface area contributed by atoms with Crippen molar-refractivity contribution in [2.45, 2.75) is 25.9 Å². The van der Waals surface area contributed by atoms with Gasteiger partial charge in [-0.05, 0) is 12.1 Å². The molecule has 0 atom stereocenters. The number of methoxy groups -OCH3 is 1. The molecule has 2 aromatic heterocycles. The molecule has 1 saturated heterocycles. The number of aromatic amines is 1. The van der Waals surface area contributed by atoms with Crippen LogP contribution in [-0.2, 0) is 4.79 Å². The molecule has 3 heterocycles. The van der Waals surface area contributed by atoms with E-state index in [1.165, 1.54) is 0 Å². The minimum absolute atomic E-state index is 0.0168. The van der Waals surface area contributed by atoms with Crippen LogP contribution in [0.1, 0.15) is 13.8 Å². The molecule has 0 saturated carbocycles. The average Bonchev–Trinajstić information content (AvgIpc) is 2.68. The topological polar surface area (TPSA) is 99.3 Å². The first-order chi connectivity index (χ1) is 14.0. The Morgan fingerprint density at radius 2 is 2.21 bits per heavy atom. The van der Waals surface area contributed by atoms with Crippen molar-refractivity contribution in [1.29, 1.82) is 0 Å². The molecule has 2 aromatic rings. The van der Waals surface area contributed by atoms with E-state index in [0.717, 1.165) is 5.56 Å². The molecule has 0 spiro atoms. The number of likely N-dealkylation sites (tertiary alicyclic amines) is 1. The number of hydrogen-bond donors (Lipinski definition) is 3. The van der Waals surface area contributed by atoms with E-state index in [-0.39, 0.29) is 17.5 Å². The van der Waals surface area contributed by atoms with E-state index < -0.39 is 0 Å². The summed E-state index contributed by atoms with van der Waals surface area (Å²) in [6.45, 7) is 5.90. The zero-order chi connectivity index (χ0) is 20.8. The van der Waals surface area contributed by atoms with Crippen LogP contribution in [0.25, 0.3) is 11.3 Å². The second kappa shape index (κ2) is 9.38. The van der Waals surface area contributed by atoms with Gasteiger partial charge in [0, 0.05) is 55.8 Å². The molecule has 3 rings (SSSR count). The molecular formula is C21H27N5O3. The van der Waals surface area contributed by atoms with Crippen molar-refractivity contribution in [3.05, 3.63) is 53.1 Å². The Hall–Kier alpha value is -3.13. The first kappa shape index (κ1) is 20.6. The van der Waals surface area contributed by atoms with E-state index in [0.29, 0.717) is 42.8 Å². The summed E-state index contributed by atoms with van der Waals surface area (Å²) in [5.41, 5.74) is 1.73. The monoisotopic (exact) mass is 397 g/mol. The molecule has 154 valence electrons. The van der Waals surface area contributed by atoms with Crippen LogP contribution in [0.15, 0.2) is 47.5 Å². The number of carbonyl (C=O) groups excluding carboxylic acids is 1. The highest BCUT2D eigenvalue weighted by molar-refractivity contribution is 5.88. The molecule has 8 nitrogen and oxygen atoms in total. The van der Waals surface area contributed by atoms with E-state index in [4.69, 9.17) is 4.74 Å². The summed E-state index contributed by atoms with van der Waals surface area (Å²) in [5, 5.41) is 6.45. The van der Waals surface area contributed by atoms with Gasteiger partial charge >= 0.3 is 0 Å². The van der Waals surface area contributed by atoms with Crippen LogP contribution >= 0.6 is 0 Å². The van der Waals surface area contributed by atoms with Gasteiger partial charge in [0.2, 0.25) is 5.91 Å². The van der Waals surface area contributed by atoms with Crippen molar-refractivity contribution in [2.24, 2.45) is 0 Å². The normalized spacial score (nSPS) is 14.3. The molecule has 3 N–H and O–H groups in total. The summed E-state index contributed by atoms with van der Waals surface area (Å²) in [6.07, 6.45) is 6.71. The van der Waals surface area contributed by atoms with Gasteiger partial charge in [-0.15, -0.1) is 0 Å². The van der Waals surface area contributed by atoms with Gasteiger partial charge in [-0.2, -0.15) is 0 Å². The highest BCUT2D eigenvalue weighted by Gasteiger charge is 2.29. The summed E-state index contributed by atoms with van der Waals surface area (Å²) in [7, 11) is 1.60. The van der Waals surface area contributed by atoms with Crippen molar-refractivity contribution in [2.75, 3.05) is 32.1 Å². The van der Waals surface area contributed by atoms with Crippen molar-refractivity contribution in [3.63, 3.8) is 0 Å². The zero-order valence-corrected chi connectivity index (χ0v) is 16.9. The Morgan fingerprint density at radius 1 is 1.41 bits per heavy atom. The first-order valence-corrected chi connectivity index (χ1v) is 9.64. The second-order valence-corrected chi connectivity index (χ2v) is 7.26. The van der Waals surface area contributed by atoms with Crippen molar-refractivity contribution in [3.8, 4) is 17.0 Å². The minimum atomic E-state index is -0.207. The number of ether oxygens (including phenoxy) is 1. The van der Waals surface area contributed by atoms with E-state index in [1.807, 2.05) is 12.1 Å². The van der Waals surface area contributed by atoms with Gasteiger partial charge in [-0.1, -0.05) is 19.9 Å². The smallest absolute Gasteiger partial charge is 0.271 e. The third kappa shape index (κ3) is 5.45. The first-order valence-electron chi connectivity index (χ1n) is 9.64. The lowest BCUT2D eigenvalue weighted by atomic mass is 10.1. The van der Waals surface area contributed by atoms with Crippen molar-refractivity contribution < 1.29 is 9.53 Å². The Bertz CT molecular complexity index is 932. The van der Waals surface area contributed by atoms with Crippen LogP contribution in [0, 0.1) is 0 Å². The molecular weight excluding hydrogens is 370 g/mol. The van der Waals surface area contributed by atoms with E-state index in [1.54, 1.807) is 42.6 Å². The number of nitrogens with zero attached hydrogens (tertiary/aromatic N) is 2. The number of aromatic nitrogens is 2. The van der Waals surface area contributed by atoms with Crippen molar-refractivity contribution >= 4 is 11.6 Å². The average molecular weight is 397 g/mol. The molecule has 1 fully saturated rings. The molecule has 8 heteroatoms. The number of anilines is 1. The molecule has 0 unspecified atom stereocenters. The molecule has 29 heavy (non-hydrogen) atoms. The molecule has 0 aliphatic carbocycles. The maximum Gasteiger partial charge on any atom is 0.271 e. The Balaban J connectivity index is 1.58. The molecule has 1 aliphatic heterocycles. The second-order valence-electron chi connectivity index (χ2n) is 7.26.